The fraction of sp³-hybridized carbons (Fsp3) is 0.579. The number of hydrogen-bond acceptors (Lipinski definition) is 3. The van der Waals surface area contributed by atoms with Crippen molar-refractivity contribution in [2.45, 2.75) is 45.3 Å². The zero-order valence-corrected chi connectivity index (χ0v) is 16.7. The number of carbonyl (C=O) groups is 2. The van der Waals surface area contributed by atoms with Crippen molar-refractivity contribution in [2.75, 3.05) is 25.0 Å². The lowest BCUT2D eigenvalue weighted by atomic mass is 9.93. The summed E-state index contributed by atoms with van der Waals surface area (Å²) in [6.07, 6.45) is -1.50. The van der Waals surface area contributed by atoms with Gasteiger partial charge in [0.05, 0.1) is 0 Å². The first-order valence-electron chi connectivity index (χ1n) is 9.25. The average Bonchev–Trinajstić information content (AvgIpc) is 2.64. The van der Waals surface area contributed by atoms with Crippen LogP contribution >= 0.6 is 12.4 Å². The van der Waals surface area contributed by atoms with Crippen LogP contribution in [0.5, 0.6) is 0 Å². The first-order chi connectivity index (χ1) is 12.8. The second kappa shape index (κ2) is 11.3. The molecule has 0 aliphatic carbocycles. The maximum Gasteiger partial charge on any atom is 0.471 e. The van der Waals surface area contributed by atoms with Gasteiger partial charge < -0.3 is 15.5 Å². The van der Waals surface area contributed by atoms with E-state index in [4.69, 9.17) is 0 Å². The van der Waals surface area contributed by atoms with Crippen LogP contribution in [0.25, 0.3) is 0 Å². The molecule has 5 nitrogen and oxygen atoms in total. The van der Waals surface area contributed by atoms with E-state index in [1.165, 1.54) is 6.92 Å². The SMILES string of the molecule is CCN(Cc1cccc(NC(=O)CCC2CCNCC2)c1)C(=O)C(F)(F)F.Cl. The zero-order chi connectivity index (χ0) is 19.9. The van der Waals surface area contributed by atoms with E-state index in [-0.39, 0.29) is 31.4 Å². The van der Waals surface area contributed by atoms with Gasteiger partial charge in [-0.25, -0.2) is 0 Å². The molecule has 1 aliphatic heterocycles. The molecule has 0 aromatic heterocycles. The van der Waals surface area contributed by atoms with E-state index in [0.29, 0.717) is 23.6 Å². The number of nitrogens with zero attached hydrogens (tertiary/aromatic N) is 1. The lowest BCUT2D eigenvalue weighted by Gasteiger charge is -2.22. The molecule has 158 valence electrons. The lowest BCUT2D eigenvalue weighted by Crippen LogP contribution is -2.40. The molecule has 0 bridgehead atoms. The number of anilines is 1. The summed E-state index contributed by atoms with van der Waals surface area (Å²) >= 11 is 0. The van der Waals surface area contributed by atoms with Gasteiger partial charge in [-0.05, 0) is 62.9 Å². The van der Waals surface area contributed by atoms with Crippen molar-refractivity contribution in [3.05, 3.63) is 29.8 Å². The molecule has 1 heterocycles. The van der Waals surface area contributed by atoms with Crippen LogP contribution in [0.15, 0.2) is 24.3 Å². The predicted molar refractivity (Wildman–Crippen MR) is 104 cm³/mol. The van der Waals surface area contributed by atoms with E-state index in [2.05, 4.69) is 10.6 Å². The normalized spacial score (nSPS) is 14.9. The van der Waals surface area contributed by atoms with E-state index >= 15 is 0 Å². The third kappa shape index (κ3) is 7.67. The monoisotopic (exact) mass is 421 g/mol. The molecule has 0 unspecified atom stereocenters. The quantitative estimate of drug-likeness (QED) is 0.705. The van der Waals surface area contributed by atoms with Crippen LogP contribution in [0.3, 0.4) is 0 Å². The number of carbonyl (C=O) groups excluding carboxylic acids is 2. The van der Waals surface area contributed by atoms with Gasteiger partial charge in [-0.15, -0.1) is 12.4 Å². The third-order valence-corrected chi connectivity index (χ3v) is 4.73. The van der Waals surface area contributed by atoms with Gasteiger partial charge in [0, 0.05) is 25.2 Å². The minimum absolute atomic E-state index is 0. The Hall–Kier alpha value is -1.80. The van der Waals surface area contributed by atoms with Crippen molar-refractivity contribution in [1.82, 2.24) is 10.2 Å². The molecule has 28 heavy (non-hydrogen) atoms. The molecule has 2 rings (SSSR count). The highest BCUT2D eigenvalue weighted by molar-refractivity contribution is 5.90. The molecule has 1 saturated heterocycles. The van der Waals surface area contributed by atoms with Crippen LogP contribution in [0.1, 0.15) is 38.2 Å². The Morgan fingerprint density at radius 1 is 1.25 bits per heavy atom. The van der Waals surface area contributed by atoms with Gasteiger partial charge in [0.2, 0.25) is 5.91 Å². The summed E-state index contributed by atoms with van der Waals surface area (Å²) in [4.78, 5) is 24.3. The van der Waals surface area contributed by atoms with Crippen LogP contribution in [0.2, 0.25) is 0 Å². The smallest absolute Gasteiger partial charge is 0.331 e. The zero-order valence-electron chi connectivity index (χ0n) is 15.8. The number of hydrogen-bond donors (Lipinski definition) is 2. The summed E-state index contributed by atoms with van der Waals surface area (Å²) in [7, 11) is 0. The molecule has 9 heteroatoms. The minimum atomic E-state index is -4.89. The Morgan fingerprint density at radius 2 is 1.93 bits per heavy atom. The summed E-state index contributed by atoms with van der Waals surface area (Å²) in [6.45, 7) is 3.26. The molecule has 0 radical (unpaired) electrons. The van der Waals surface area contributed by atoms with Gasteiger partial charge in [0.1, 0.15) is 0 Å². The summed E-state index contributed by atoms with van der Waals surface area (Å²) < 4.78 is 37.9. The molecule has 2 amide bonds. The summed E-state index contributed by atoms with van der Waals surface area (Å²) in [6, 6.07) is 6.59. The number of piperidine rings is 1. The number of nitrogens with one attached hydrogen (secondary N) is 2. The second-order valence-corrected chi connectivity index (χ2v) is 6.80. The predicted octanol–water partition coefficient (Wildman–Crippen LogP) is 3.74. The molecule has 1 fully saturated rings. The van der Waals surface area contributed by atoms with Crippen LogP contribution in [-0.4, -0.2) is 42.5 Å². The number of benzene rings is 1. The van der Waals surface area contributed by atoms with E-state index in [1.807, 2.05) is 0 Å². The molecule has 0 spiro atoms. The topological polar surface area (TPSA) is 61.4 Å². The third-order valence-electron chi connectivity index (χ3n) is 4.73. The Morgan fingerprint density at radius 3 is 2.54 bits per heavy atom. The number of halogens is 4. The molecule has 0 atom stereocenters. The molecule has 1 aliphatic rings. The Kier molecular flexibility index (Phi) is 9.75. The van der Waals surface area contributed by atoms with Gasteiger partial charge in [-0.1, -0.05) is 12.1 Å². The summed E-state index contributed by atoms with van der Waals surface area (Å²) in [5.74, 6) is -1.42. The van der Waals surface area contributed by atoms with E-state index < -0.39 is 12.1 Å². The molecule has 1 aromatic rings. The van der Waals surface area contributed by atoms with Gasteiger partial charge >= 0.3 is 12.1 Å². The highest BCUT2D eigenvalue weighted by Crippen LogP contribution is 2.21. The average molecular weight is 422 g/mol. The minimum Gasteiger partial charge on any atom is -0.331 e. The van der Waals surface area contributed by atoms with E-state index in [0.717, 1.165) is 37.3 Å². The molecule has 0 saturated carbocycles. The van der Waals surface area contributed by atoms with Crippen LogP contribution < -0.4 is 10.6 Å². The number of amides is 2. The van der Waals surface area contributed by atoms with Gasteiger partial charge in [-0.2, -0.15) is 13.2 Å². The van der Waals surface area contributed by atoms with Crippen molar-refractivity contribution >= 4 is 29.9 Å². The fourth-order valence-corrected chi connectivity index (χ4v) is 3.20. The number of alkyl halides is 3. The van der Waals surface area contributed by atoms with Crippen molar-refractivity contribution < 1.29 is 22.8 Å². The number of rotatable bonds is 7. The Bertz CT molecular complexity index is 650. The standard InChI is InChI=1S/C19H26F3N3O2.ClH/c1-2-25(18(27)19(20,21)22)13-15-4-3-5-16(12-15)24-17(26)7-6-14-8-10-23-11-9-14;/h3-5,12,14,23H,2,6-11,13H2,1H3,(H,24,26);1H. The molecule has 2 N–H and O–H groups in total. The largest absolute Gasteiger partial charge is 0.471 e. The van der Waals surface area contributed by atoms with Crippen LogP contribution in [0.4, 0.5) is 18.9 Å². The summed E-state index contributed by atoms with van der Waals surface area (Å²) in [5, 5.41) is 6.08. The fourth-order valence-electron chi connectivity index (χ4n) is 3.20. The van der Waals surface area contributed by atoms with E-state index in [1.54, 1.807) is 24.3 Å². The van der Waals surface area contributed by atoms with E-state index in [9.17, 15) is 22.8 Å². The Labute approximate surface area is 169 Å². The molecular weight excluding hydrogens is 395 g/mol. The maximum atomic E-state index is 12.6. The maximum absolute atomic E-state index is 12.6. The van der Waals surface area contributed by atoms with Crippen molar-refractivity contribution in [3.63, 3.8) is 0 Å². The highest BCUT2D eigenvalue weighted by Gasteiger charge is 2.41. The van der Waals surface area contributed by atoms with Crippen LogP contribution in [0, 0.1) is 5.92 Å². The Balaban J connectivity index is 0.00000392. The molecular formula is C19H27ClF3N3O2. The van der Waals surface area contributed by atoms with Crippen molar-refractivity contribution in [3.8, 4) is 0 Å². The molecule has 1 aromatic carbocycles. The van der Waals surface area contributed by atoms with Crippen LogP contribution in [-0.2, 0) is 16.1 Å². The van der Waals surface area contributed by atoms with Gasteiger partial charge in [0.15, 0.2) is 0 Å². The van der Waals surface area contributed by atoms with Crippen molar-refractivity contribution in [1.29, 1.82) is 0 Å². The highest BCUT2D eigenvalue weighted by atomic mass is 35.5. The van der Waals surface area contributed by atoms with Crippen molar-refractivity contribution in [2.24, 2.45) is 5.92 Å². The first-order valence-corrected chi connectivity index (χ1v) is 9.25. The van der Waals surface area contributed by atoms with Gasteiger partial charge in [0.25, 0.3) is 0 Å². The summed E-state index contributed by atoms with van der Waals surface area (Å²) in [5.41, 5.74) is 1.06. The second-order valence-electron chi connectivity index (χ2n) is 6.80. The van der Waals surface area contributed by atoms with Gasteiger partial charge in [-0.3, -0.25) is 9.59 Å². The lowest BCUT2D eigenvalue weighted by molar-refractivity contribution is -0.185. The first kappa shape index (κ1) is 24.2.